The highest BCUT2D eigenvalue weighted by Gasteiger charge is 2.34. The fourth-order valence-electron chi connectivity index (χ4n) is 3.41. The zero-order valence-electron chi connectivity index (χ0n) is 15.6. The third-order valence-corrected chi connectivity index (χ3v) is 4.91. The van der Waals surface area contributed by atoms with E-state index in [9.17, 15) is 18.3 Å². The highest BCUT2D eigenvalue weighted by Crippen LogP contribution is 2.39. The molecular weight excluding hydrogens is 395 g/mol. The maximum Gasteiger partial charge on any atom is 0.407 e. The van der Waals surface area contributed by atoms with Crippen molar-refractivity contribution in [1.29, 1.82) is 0 Å². The second kappa shape index (κ2) is 7.55. The maximum absolute atomic E-state index is 13.3. The summed E-state index contributed by atoms with van der Waals surface area (Å²) < 4.78 is 39.9. The van der Waals surface area contributed by atoms with Crippen LogP contribution in [-0.2, 0) is 19.1 Å². The molecule has 1 aliphatic rings. The standard InChI is InChI=1S/C21H16F3N5O/c1-25-18-7-4-14(10-17(18)21(22,23)24)29-9-8-16-19(11-29)26-12-27-20(16)28-13-2-5-15(30)6-3-13/h2-7,10,12,30H,8-9,11H2,(H,26,27,28). The number of benzene rings is 2. The number of aromatic nitrogens is 2. The molecule has 30 heavy (non-hydrogen) atoms. The second-order valence-corrected chi connectivity index (χ2v) is 6.80. The molecule has 0 spiro atoms. The Hall–Kier alpha value is -3.80. The van der Waals surface area contributed by atoms with Gasteiger partial charge >= 0.3 is 6.18 Å². The zero-order chi connectivity index (χ0) is 21.3. The van der Waals surface area contributed by atoms with Gasteiger partial charge in [0.05, 0.1) is 24.4 Å². The molecule has 0 unspecified atom stereocenters. The van der Waals surface area contributed by atoms with Gasteiger partial charge in [0.2, 0.25) is 0 Å². The van der Waals surface area contributed by atoms with E-state index >= 15 is 0 Å². The SMILES string of the molecule is [C-]#[N+]c1ccc(N2CCc3c(ncnc3Nc3ccc(O)cc3)C2)cc1C(F)(F)F. The Morgan fingerprint density at radius 2 is 1.87 bits per heavy atom. The molecule has 1 aromatic heterocycles. The summed E-state index contributed by atoms with van der Waals surface area (Å²) in [5, 5.41) is 12.6. The lowest BCUT2D eigenvalue weighted by atomic mass is 10.0. The van der Waals surface area contributed by atoms with Crippen LogP contribution in [0.5, 0.6) is 5.75 Å². The fourth-order valence-corrected chi connectivity index (χ4v) is 3.41. The lowest BCUT2D eigenvalue weighted by Crippen LogP contribution is -2.32. The van der Waals surface area contributed by atoms with E-state index in [1.54, 1.807) is 24.3 Å². The number of hydrogen-bond donors (Lipinski definition) is 2. The molecule has 0 atom stereocenters. The number of hydrogen-bond acceptors (Lipinski definition) is 5. The number of phenolic OH excluding ortho intramolecular Hbond substituents is 1. The van der Waals surface area contributed by atoms with Crippen LogP contribution in [0.3, 0.4) is 0 Å². The molecule has 1 aliphatic heterocycles. The van der Waals surface area contributed by atoms with Crippen molar-refractivity contribution >= 4 is 22.9 Å². The molecule has 0 saturated heterocycles. The summed E-state index contributed by atoms with van der Waals surface area (Å²) in [4.78, 5) is 13.4. The van der Waals surface area contributed by atoms with Gasteiger partial charge in [0.1, 0.15) is 17.9 Å². The maximum atomic E-state index is 13.3. The van der Waals surface area contributed by atoms with Crippen molar-refractivity contribution in [3.8, 4) is 5.75 Å². The smallest absolute Gasteiger partial charge is 0.407 e. The van der Waals surface area contributed by atoms with Gasteiger partial charge < -0.3 is 15.3 Å². The van der Waals surface area contributed by atoms with E-state index in [0.29, 0.717) is 31.0 Å². The van der Waals surface area contributed by atoms with E-state index < -0.39 is 17.4 Å². The van der Waals surface area contributed by atoms with Crippen LogP contribution >= 0.6 is 0 Å². The van der Waals surface area contributed by atoms with Crippen LogP contribution in [0.25, 0.3) is 4.85 Å². The number of fused-ring (bicyclic) bond motifs is 1. The summed E-state index contributed by atoms with van der Waals surface area (Å²) in [6.45, 7) is 7.79. The number of aromatic hydroxyl groups is 1. The van der Waals surface area contributed by atoms with Crippen molar-refractivity contribution < 1.29 is 18.3 Å². The van der Waals surface area contributed by atoms with E-state index in [-0.39, 0.29) is 5.75 Å². The van der Waals surface area contributed by atoms with Gasteiger partial charge in [0.25, 0.3) is 0 Å². The highest BCUT2D eigenvalue weighted by molar-refractivity contribution is 5.65. The molecule has 152 valence electrons. The Morgan fingerprint density at radius 1 is 1.10 bits per heavy atom. The molecule has 2 N–H and O–H groups in total. The van der Waals surface area contributed by atoms with Crippen LogP contribution in [0.1, 0.15) is 16.8 Å². The Kier molecular flexibility index (Phi) is 4.91. The van der Waals surface area contributed by atoms with E-state index in [1.165, 1.54) is 18.5 Å². The Morgan fingerprint density at radius 3 is 2.57 bits per heavy atom. The predicted octanol–water partition coefficient (Wildman–Crippen LogP) is 5.06. The minimum absolute atomic E-state index is 0.156. The monoisotopic (exact) mass is 411 g/mol. The molecular formula is C21H16F3N5O. The Labute approximate surface area is 170 Å². The fraction of sp³-hybridized carbons (Fsp3) is 0.190. The molecule has 0 fully saturated rings. The third-order valence-electron chi connectivity index (χ3n) is 4.91. The Bertz CT molecular complexity index is 1120. The quantitative estimate of drug-likeness (QED) is 0.466. The van der Waals surface area contributed by atoms with Gasteiger partial charge in [-0.05, 0) is 42.8 Å². The van der Waals surface area contributed by atoms with E-state index in [0.717, 1.165) is 23.0 Å². The summed E-state index contributed by atoms with van der Waals surface area (Å²) in [5.41, 5.74) is 1.42. The van der Waals surface area contributed by atoms with Crippen molar-refractivity contribution in [2.45, 2.75) is 19.1 Å². The molecule has 0 bridgehead atoms. The molecule has 0 amide bonds. The summed E-state index contributed by atoms with van der Waals surface area (Å²) >= 11 is 0. The van der Waals surface area contributed by atoms with Crippen LogP contribution in [0, 0.1) is 6.57 Å². The van der Waals surface area contributed by atoms with E-state index in [4.69, 9.17) is 6.57 Å². The van der Waals surface area contributed by atoms with Crippen molar-refractivity contribution in [2.75, 3.05) is 16.8 Å². The highest BCUT2D eigenvalue weighted by atomic mass is 19.4. The molecule has 2 aromatic carbocycles. The summed E-state index contributed by atoms with van der Waals surface area (Å²) in [6.07, 6.45) is -2.64. The molecule has 0 radical (unpaired) electrons. The van der Waals surface area contributed by atoms with Crippen LogP contribution in [0.2, 0.25) is 0 Å². The van der Waals surface area contributed by atoms with Crippen molar-refractivity contribution in [1.82, 2.24) is 9.97 Å². The molecule has 0 aliphatic carbocycles. The van der Waals surface area contributed by atoms with Crippen LogP contribution in [-0.4, -0.2) is 21.6 Å². The van der Waals surface area contributed by atoms with Crippen molar-refractivity contribution in [2.24, 2.45) is 0 Å². The van der Waals surface area contributed by atoms with Crippen molar-refractivity contribution in [3.05, 3.63) is 77.0 Å². The van der Waals surface area contributed by atoms with Gasteiger partial charge in [-0.1, -0.05) is 6.07 Å². The normalized spacial score (nSPS) is 13.5. The molecule has 9 heteroatoms. The van der Waals surface area contributed by atoms with Gasteiger partial charge in [-0.3, -0.25) is 0 Å². The van der Waals surface area contributed by atoms with Crippen LogP contribution in [0.4, 0.5) is 36.1 Å². The zero-order valence-corrected chi connectivity index (χ0v) is 15.6. The van der Waals surface area contributed by atoms with Gasteiger partial charge in [-0.25, -0.2) is 14.8 Å². The molecule has 3 aromatic rings. The number of anilines is 3. The summed E-state index contributed by atoms with van der Waals surface area (Å²) in [5.74, 6) is 0.785. The molecule has 0 saturated carbocycles. The minimum Gasteiger partial charge on any atom is -0.508 e. The average Bonchev–Trinajstić information content (AvgIpc) is 2.74. The number of rotatable bonds is 3. The first-order chi connectivity index (χ1) is 14.3. The Balaban J connectivity index is 1.60. The number of nitrogens with zero attached hydrogens (tertiary/aromatic N) is 4. The van der Waals surface area contributed by atoms with Gasteiger partial charge in [-0.2, -0.15) is 13.2 Å². The first-order valence-corrected chi connectivity index (χ1v) is 9.07. The number of alkyl halides is 3. The van der Waals surface area contributed by atoms with Gasteiger partial charge in [0, 0.05) is 23.5 Å². The third kappa shape index (κ3) is 3.85. The lowest BCUT2D eigenvalue weighted by Gasteiger charge is -2.31. The molecule has 2 heterocycles. The van der Waals surface area contributed by atoms with Gasteiger partial charge in [-0.15, -0.1) is 0 Å². The largest absolute Gasteiger partial charge is 0.508 e. The average molecular weight is 411 g/mol. The van der Waals surface area contributed by atoms with Crippen LogP contribution < -0.4 is 10.2 Å². The second-order valence-electron chi connectivity index (χ2n) is 6.80. The van der Waals surface area contributed by atoms with E-state index in [2.05, 4.69) is 20.1 Å². The molecule has 6 nitrogen and oxygen atoms in total. The minimum atomic E-state index is -4.59. The topological polar surface area (TPSA) is 65.6 Å². The first-order valence-electron chi connectivity index (χ1n) is 9.07. The van der Waals surface area contributed by atoms with Crippen LogP contribution in [0.15, 0.2) is 48.8 Å². The predicted molar refractivity (Wildman–Crippen MR) is 106 cm³/mol. The number of halogens is 3. The van der Waals surface area contributed by atoms with Gasteiger partial charge in [0.15, 0.2) is 5.69 Å². The number of nitrogens with one attached hydrogen (secondary N) is 1. The number of phenols is 1. The summed E-state index contributed by atoms with van der Waals surface area (Å²) in [6, 6.07) is 10.3. The molecule has 4 rings (SSSR count). The first kappa shape index (κ1) is 19.5. The van der Waals surface area contributed by atoms with Crippen molar-refractivity contribution in [3.63, 3.8) is 0 Å². The summed E-state index contributed by atoms with van der Waals surface area (Å²) in [7, 11) is 0. The lowest BCUT2D eigenvalue weighted by molar-refractivity contribution is -0.136. The van der Waals surface area contributed by atoms with E-state index in [1.807, 2.05) is 4.90 Å².